The average Bonchev–Trinajstić information content (AvgIpc) is 2.81. The average molecular weight is 273 g/mol. The third kappa shape index (κ3) is 3.83. The van der Waals surface area contributed by atoms with E-state index in [1.165, 1.54) is 35.9 Å². The van der Waals surface area contributed by atoms with Gasteiger partial charge in [0.15, 0.2) is 0 Å². The lowest BCUT2D eigenvalue weighted by Crippen LogP contribution is -2.15. The molecule has 110 valence electrons. The highest BCUT2D eigenvalue weighted by molar-refractivity contribution is 5.81. The summed E-state index contributed by atoms with van der Waals surface area (Å²) >= 11 is 0. The van der Waals surface area contributed by atoms with Crippen LogP contribution in [0, 0.1) is 5.92 Å². The summed E-state index contributed by atoms with van der Waals surface area (Å²) < 4.78 is 2.09. The Kier molecular flexibility index (Phi) is 5.60. The highest BCUT2D eigenvalue weighted by atomic mass is 15.3. The molecule has 20 heavy (non-hydrogen) atoms. The number of aromatic nitrogens is 2. The predicted molar refractivity (Wildman–Crippen MR) is 85.8 cm³/mol. The van der Waals surface area contributed by atoms with Gasteiger partial charge in [-0.2, -0.15) is 5.10 Å². The fourth-order valence-corrected chi connectivity index (χ4v) is 2.58. The number of para-hydroxylation sites is 1. The van der Waals surface area contributed by atoms with Crippen LogP contribution in [-0.2, 0) is 13.1 Å². The first-order valence-corrected chi connectivity index (χ1v) is 7.87. The minimum absolute atomic E-state index is 0.819. The van der Waals surface area contributed by atoms with E-state index in [4.69, 9.17) is 5.10 Å². The summed E-state index contributed by atoms with van der Waals surface area (Å²) in [6, 6.07) is 8.50. The number of benzene rings is 1. The van der Waals surface area contributed by atoms with Crippen molar-refractivity contribution in [2.24, 2.45) is 5.92 Å². The molecule has 2 rings (SSSR count). The summed E-state index contributed by atoms with van der Waals surface area (Å²) in [5.41, 5.74) is 2.41. The van der Waals surface area contributed by atoms with Gasteiger partial charge in [-0.1, -0.05) is 44.9 Å². The monoisotopic (exact) mass is 273 g/mol. The first kappa shape index (κ1) is 15.0. The minimum atomic E-state index is 0.819. The van der Waals surface area contributed by atoms with Gasteiger partial charge in [0.2, 0.25) is 0 Å². The van der Waals surface area contributed by atoms with Crippen LogP contribution >= 0.6 is 0 Å². The van der Waals surface area contributed by atoms with Crippen LogP contribution in [0.1, 0.15) is 45.7 Å². The summed E-state index contributed by atoms with van der Waals surface area (Å²) in [7, 11) is 0. The number of hydrogen-bond donors (Lipinski definition) is 1. The van der Waals surface area contributed by atoms with E-state index in [0.717, 1.165) is 25.6 Å². The summed E-state index contributed by atoms with van der Waals surface area (Å²) in [4.78, 5) is 0. The van der Waals surface area contributed by atoms with Gasteiger partial charge in [-0.3, -0.25) is 4.68 Å². The van der Waals surface area contributed by atoms with Crippen molar-refractivity contribution >= 4 is 10.9 Å². The minimum Gasteiger partial charge on any atom is -0.311 e. The van der Waals surface area contributed by atoms with Crippen LogP contribution in [0.5, 0.6) is 0 Å². The molecule has 0 amide bonds. The molecular weight excluding hydrogens is 246 g/mol. The molecule has 0 aliphatic carbocycles. The third-order valence-corrected chi connectivity index (χ3v) is 3.71. The van der Waals surface area contributed by atoms with Crippen molar-refractivity contribution in [3.8, 4) is 0 Å². The van der Waals surface area contributed by atoms with Gasteiger partial charge in [-0.05, 0) is 31.9 Å². The van der Waals surface area contributed by atoms with Crippen LogP contribution in [0.25, 0.3) is 10.9 Å². The summed E-state index contributed by atoms with van der Waals surface area (Å²) in [6.45, 7) is 9.60. The molecule has 0 bridgehead atoms. The SMILES string of the molecule is CCn1nc(CNCCCCC(C)C)c2ccccc21. The predicted octanol–water partition coefficient (Wildman–Crippen LogP) is 3.97. The number of aryl methyl sites for hydroxylation is 1. The zero-order chi connectivity index (χ0) is 14.4. The highest BCUT2D eigenvalue weighted by Gasteiger charge is 2.08. The zero-order valence-electron chi connectivity index (χ0n) is 13.0. The second-order valence-electron chi connectivity index (χ2n) is 5.85. The van der Waals surface area contributed by atoms with Gasteiger partial charge in [-0.15, -0.1) is 0 Å². The molecule has 0 atom stereocenters. The topological polar surface area (TPSA) is 29.9 Å². The van der Waals surface area contributed by atoms with Crippen molar-refractivity contribution in [2.75, 3.05) is 6.54 Å². The smallest absolute Gasteiger partial charge is 0.0841 e. The summed E-state index contributed by atoms with van der Waals surface area (Å²) in [5.74, 6) is 0.819. The van der Waals surface area contributed by atoms with Crippen molar-refractivity contribution < 1.29 is 0 Å². The molecule has 2 aromatic rings. The molecule has 0 saturated carbocycles. The van der Waals surface area contributed by atoms with Crippen molar-refractivity contribution in [3.05, 3.63) is 30.0 Å². The Morgan fingerprint density at radius 2 is 2.00 bits per heavy atom. The van der Waals surface area contributed by atoms with Gasteiger partial charge in [0, 0.05) is 18.5 Å². The van der Waals surface area contributed by atoms with Crippen molar-refractivity contribution in [1.29, 1.82) is 0 Å². The van der Waals surface area contributed by atoms with Crippen LogP contribution in [-0.4, -0.2) is 16.3 Å². The number of rotatable bonds is 8. The standard InChI is InChI=1S/C17H27N3/c1-4-20-17-11-6-5-10-15(17)16(19-20)13-18-12-8-7-9-14(2)3/h5-6,10-11,14,18H,4,7-9,12-13H2,1-3H3. The van der Waals surface area contributed by atoms with Crippen LogP contribution in [0.4, 0.5) is 0 Å². The van der Waals surface area contributed by atoms with Crippen molar-refractivity contribution in [2.45, 2.75) is 53.1 Å². The second-order valence-corrected chi connectivity index (χ2v) is 5.85. The lowest BCUT2D eigenvalue weighted by Gasteiger charge is -2.05. The van der Waals surface area contributed by atoms with Gasteiger partial charge in [0.25, 0.3) is 0 Å². The first-order valence-electron chi connectivity index (χ1n) is 7.87. The fourth-order valence-electron chi connectivity index (χ4n) is 2.58. The lowest BCUT2D eigenvalue weighted by molar-refractivity contribution is 0.518. The maximum absolute atomic E-state index is 4.71. The van der Waals surface area contributed by atoms with Crippen molar-refractivity contribution in [3.63, 3.8) is 0 Å². The van der Waals surface area contributed by atoms with E-state index in [0.29, 0.717) is 0 Å². The van der Waals surface area contributed by atoms with E-state index in [1.54, 1.807) is 0 Å². The molecule has 0 spiro atoms. The van der Waals surface area contributed by atoms with E-state index in [2.05, 4.69) is 55.0 Å². The molecule has 3 heteroatoms. The van der Waals surface area contributed by atoms with E-state index in [1.807, 2.05) is 0 Å². The largest absolute Gasteiger partial charge is 0.311 e. The highest BCUT2D eigenvalue weighted by Crippen LogP contribution is 2.18. The normalized spacial score (nSPS) is 11.6. The summed E-state index contributed by atoms with van der Waals surface area (Å²) in [5, 5.41) is 9.52. The second kappa shape index (κ2) is 7.44. The third-order valence-electron chi connectivity index (χ3n) is 3.71. The number of nitrogens with zero attached hydrogens (tertiary/aromatic N) is 2. The van der Waals surface area contributed by atoms with E-state index in [9.17, 15) is 0 Å². The molecule has 1 heterocycles. The van der Waals surface area contributed by atoms with Crippen LogP contribution in [0.15, 0.2) is 24.3 Å². The maximum atomic E-state index is 4.71. The van der Waals surface area contributed by atoms with Gasteiger partial charge >= 0.3 is 0 Å². The molecule has 0 radical (unpaired) electrons. The fraction of sp³-hybridized carbons (Fsp3) is 0.588. The molecule has 0 unspecified atom stereocenters. The zero-order valence-corrected chi connectivity index (χ0v) is 13.0. The number of hydrogen-bond acceptors (Lipinski definition) is 2. The van der Waals surface area contributed by atoms with Crippen LogP contribution in [0.2, 0.25) is 0 Å². The Labute approximate surface area is 122 Å². The number of unbranched alkanes of at least 4 members (excludes halogenated alkanes) is 1. The van der Waals surface area contributed by atoms with Crippen LogP contribution in [0.3, 0.4) is 0 Å². The Bertz CT molecular complexity index is 528. The Hall–Kier alpha value is -1.35. The molecule has 0 aliphatic heterocycles. The van der Waals surface area contributed by atoms with Gasteiger partial charge in [-0.25, -0.2) is 0 Å². The first-order chi connectivity index (χ1) is 9.72. The quantitative estimate of drug-likeness (QED) is 0.737. The lowest BCUT2D eigenvalue weighted by atomic mass is 10.1. The molecular formula is C17H27N3. The maximum Gasteiger partial charge on any atom is 0.0841 e. The van der Waals surface area contributed by atoms with E-state index in [-0.39, 0.29) is 0 Å². The van der Waals surface area contributed by atoms with E-state index < -0.39 is 0 Å². The Morgan fingerprint density at radius 3 is 2.75 bits per heavy atom. The molecule has 3 nitrogen and oxygen atoms in total. The molecule has 0 saturated heterocycles. The number of fused-ring (bicyclic) bond motifs is 1. The van der Waals surface area contributed by atoms with E-state index >= 15 is 0 Å². The van der Waals surface area contributed by atoms with Crippen molar-refractivity contribution in [1.82, 2.24) is 15.1 Å². The Balaban J connectivity index is 1.87. The summed E-state index contributed by atoms with van der Waals surface area (Å²) in [6.07, 6.45) is 3.90. The van der Waals surface area contributed by atoms with Gasteiger partial charge in [0.1, 0.15) is 0 Å². The molecule has 0 aliphatic rings. The van der Waals surface area contributed by atoms with Gasteiger partial charge in [0.05, 0.1) is 11.2 Å². The molecule has 1 aromatic carbocycles. The Morgan fingerprint density at radius 1 is 1.20 bits per heavy atom. The molecule has 1 N–H and O–H groups in total. The number of nitrogens with one attached hydrogen (secondary N) is 1. The van der Waals surface area contributed by atoms with Crippen LogP contribution < -0.4 is 5.32 Å². The molecule has 1 aromatic heterocycles. The van der Waals surface area contributed by atoms with Gasteiger partial charge < -0.3 is 5.32 Å². The molecule has 0 fully saturated rings.